The van der Waals surface area contributed by atoms with E-state index in [4.69, 9.17) is 11.6 Å². The SMILES string of the molecule is Cc1nc(Cl)cc(N2CCC(O)(CN3CCNCC3)CC2)n1. The van der Waals surface area contributed by atoms with Gasteiger partial charge >= 0.3 is 0 Å². The van der Waals surface area contributed by atoms with Crippen LogP contribution in [0.15, 0.2) is 6.07 Å². The highest BCUT2D eigenvalue weighted by molar-refractivity contribution is 6.29. The van der Waals surface area contributed by atoms with Gasteiger partial charge in [0.2, 0.25) is 0 Å². The zero-order chi connectivity index (χ0) is 15.6. The van der Waals surface area contributed by atoms with Crippen LogP contribution < -0.4 is 10.2 Å². The van der Waals surface area contributed by atoms with Crippen LogP contribution in [0.3, 0.4) is 0 Å². The maximum atomic E-state index is 10.8. The third-order valence-corrected chi connectivity index (χ3v) is 4.73. The molecular weight excluding hydrogens is 302 g/mol. The minimum absolute atomic E-state index is 0.476. The molecule has 0 aliphatic carbocycles. The highest BCUT2D eigenvalue weighted by Gasteiger charge is 2.34. The second kappa shape index (κ2) is 6.66. The van der Waals surface area contributed by atoms with Gasteiger partial charge in [-0.05, 0) is 19.8 Å². The first kappa shape index (κ1) is 15.9. The number of anilines is 1. The Bertz CT molecular complexity index is 492. The van der Waals surface area contributed by atoms with Gasteiger partial charge in [0.05, 0.1) is 5.60 Å². The number of nitrogens with one attached hydrogen (secondary N) is 1. The molecule has 0 bridgehead atoms. The molecule has 22 heavy (non-hydrogen) atoms. The Kier molecular flexibility index (Phi) is 4.82. The van der Waals surface area contributed by atoms with E-state index in [1.165, 1.54) is 0 Å². The molecule has 0 aromatic carbocycles. The van der Waals surface area contributed by atoms with Gasteiger partial charge in [-0.1, -0.05) is 11.6 Å². The van der Waals surface area contributed by atoms with Crippen molar-refractivity contribution in [1.29, 1.82) is 0 Å². The summed E-state index contributed by atoms with van der Waals surface area (Å²) in [6.07, 6.45) is 1.52. The zero-order valence-corrected chi connectivity index (χ0v) is 13.8. The molecule has 122 valence electrons. The normalized spacial score (nSPS) is 22.8. The summed E-state index contributed by atoms with van der Waals surface area (Å²) in [4.78, 5) is 13.1. The van der Waals surface area contributed by atoms with E-state index < -0.39 is 5.60 Å². The summed E-state index contributed by atoms with van der Waals surface area (Å²) in [5.74, 6) is 1.55. The number of aryl methyl sites for hydroxylation is 1. The lowest BCUT2D eigenvalue weighted by atomic mass is 9.90. The van der Waals surface area contributed by atoms with Crippen LogP contribution in [0.5, 0.6) is 0 Å². The quantitative estimate of drug-likeness (QED) is 0.797. The molecule has 1 aromatic heterocycles. The van der Waals surface area contributed by atoms with Gasteiger partial charge in [-0.3, -0.25) is 4.90 Å². The van der Waals surface area contributed by atoms with E-state index in [0.29, 0.717) is 11.0 Å². The summed E-state index contributed by atoms with van der Waals surface area (Å²) in [5.41, 5.74) is -0.584. The van der Waals surface area contributed by atoms with Crippen molar-refractivity contribution >= 4 is 17.4 Å². The highest BCUT2D eigenvalue weighted by Crippen LogP contribution is 2.27. The number of piperazine rings is 1. The van der Waals surface area contributed by atoms with E-state index in [1.54, 1.807) is 6.07 Å². The van der Waals surface area contributed by atoms with Gasteiger partial charge in [0, 0.05) is 51.9 Å². The molecule has 0 amide bonds. The lowest BCUT2D eigenvalue weighted by molar-refractivity contribution is -0.0186. The van der Waals surface area contributed by atoms with E-state index >= 15 is 0 Å². The predicted molar refractivity (Wildman–Crippen MR) is 87.5 cm³/mol. The summed E-state index contributed by atoms with van der Waals surface area (Å²) < 4.78 is 0. The maximum absolute atomic E-state index is 10.8. The van der Waals surface area contributed by atoms with Gasteiger partial charge in [0.15, 0.2) is 0 Å². The van der Waals surface area contributed by atoms with Crippen molar-refractivity contribution < 1.29 is 5.11 Å². The lowest BCUT2D eigenvalue weighted by Crippen LogP contribution is -2.54. The molecule has 0 atom stereocenters. The lowest BCUT2D eigenvalue weighted by Gasteiger charge is -2.42. The van der Waals surface area contributed by atoms with Crippen LogP contribution in [0.25, 0.3) is 0 Å². The van der Waals surface area contributed by atoms with Crippen LogP contribution in [0.1, 0.15) is 18.7 Å². The van der Waals surface area contributed by atoms with Crippen LogP contribution in [-0.2, 0) is 0 Å². The Labute approximate surface area is 136 Å². The number of piperidine rings is 1. The summed E-state index contributed by atoms with van der Waals surface area (Å²) in [5, 5.41) is 14.7. The molecule has 0 saturated carbocycles. The zero-order valence-electron chi connectivity index (χ0n) is 13.1. The Morgan fingerprint density at radius 2 is 1.91 bits per heavy atom. The van der Waals surface area contributed by atoms with E-state index in [-0.39, 0.29) is 0 Å². The molecule has 6 nitrogen and oxygen atoms in total. The van der Waals surface area contributed by atoms with Crippen molar-refractivity contribution in [2.75, 3.05) is 50.7 Å². The van der Waals surface area contributed by atoms with Gasteiger partial charge in [0.1, 0.15) is 16.8 Å². The topological polar surface area (TPSA) is 64.5 Å². The number of aromatic nitrogens is 2. The monoisotopic (exact) mass is 325 g/mol. The van der Waals surface area contributed by atoms with Crippen molar-refractivity contribution in [1.82, 2.24) is 20.2 Å². The van der Waals surface area contributed by atoms with Gasteiger partial charge in [-0.25, -0.2) is 9.97 Å². The van der Waals surface area contributed by atoms with Crippen molar-refractivity contribution in [3.63, 3.8) is 0 Å². The fraction of sp³-hybridized carbons (Fsp3) is 0.733. The summed E-state index contributed by atoms with van der Waals surface area (Å²) in [6, 6.07) is 1.80. The number of rotatable bonds is 3. The van der Waals surface area contributed by atoms with Gasteiger partial charge in [-0.15, -0.1) is 0 Å². The molecule has 2 aliphatic heterocycles. The molecule has 0 spiro atoms. The minimum Gasteiger partial charge on any atom is -0.388 e. The van der Waals surface area contributed by atoms with Crippen LogP contribution in [0.4, 0.5) is 5.82 Å². The van der Waals surface area contributed by atoms with E-state index in [1.807, 2.05) is 6.92 Å². The number of hydrogen-bond donors (Lipinski definition) is 2. The fourth-order valence-corrected chi connectivity index (χ4v) is 3.49. The van der Waals surface area contributed by atoms with Crippen LogP contribution >= 0.6 is 11.6 Å². The fourth-order valence-electron chi connectivity index (χ4n) is 3.27. The first-order valence-electron chi connectivity index (χ1n) is 7.96. The summed E-state index contributed by atoms with van der Waals surface area (Å²) in [7, 11) is 0. The minimum atomic E-state index is -0.584. The molecule has 3 heterocycles. The standard InChI is InChI=1S/C15H24ClN5O/c1-12-18-13(16)10-14(19-12)21-6-2-15(22,3-7-21)11-20-8-4-17-5-9-20/h10,17,22H,2-9,11H2,1H3. The van der Waals surface area contributed by atoms with Crippen molar-refractivity contribution in [3.05, 3.63) is 17.0 Å². The number of hydrogen-bond acceptors (Lipinski definition) is 6. The smallest absolute Gasteiger partial charge is 0.134 e. The molecule has 2 fully saturated rings. The van der Waals surface area contributed by atoms with Gasteiger partial charge in [-0.2, -0.15) is 0 Å². The van der Waals surface area contributed by atoms with E-state index in [2.05, 4.69) is 25.1 Å². The molecule has 2 aliphatic rings. The van der Waals surface area contributed by atoms with E-state index in [0.717, 1.165) is 64.5 Å². The second-order valence-corrected chi connectivity index (χ2v) is 6.72. The molecule has 3 rings (SSSR count). The van der Waals surface area contributed by atoms with Crippen LogP contribution in [-0.4, -0.2) is 71.4 Å². The van der Waals surface area contributed by atoms with Crippen LogP contribution in [0, 0.1) is 6.92 Å². The number of halogens is 1. The number of β-amino-alcohol motifs (C(OH)–C–C–N with tert-alkyl or cyclic N) is 1. The number of aliphatic hydroxyl groups is 1. The predicted octanol–water partition coefficient (Wildman–Crippen LogP) is 0.675. The Balaban J connectivity index is 1.59. The third-order valence-electron chi connectivity index (χ3n) is 4.54. The summed E-state index contributed by atoms with van der Waals surface area (Å²) >= 11 is 6.01. The molecule has 2 saturated heterocycles. The maximum Gasteiger partial charge on any atom is 0.134 e. The summed E-state index contributed by atoms with van der Waals surface area (Å²) in [6.45, 7) is 8.29. The van der Waals surface area contributed by atoms with Crippen molar-refractivity contribution in [2.45, 2.75) is 25.4 Å². The van der Waals surface area contributed by atoms with E-state index in [9.17, 15) is 5.11 Å². The third kappa shape index (κ3) is 3.87. The molecule has 0 unspecified atom stereocenters. The Morgan fingerprint density at radius 3 is 2.55 bits per heavy atom. The Hall–Kier alpha value is -0.950. The van der Waals surface area contributed by atoms with Crippen molar-refractivity contribution in [3.8, 4) is 0 Å². The largest absolute Gasteiger partial charge is 0.388 e. The first-order valence-corrected chi connectivity index (χ1v) is 8.33. The molecule has 0 radical (unpaired) electrons. The second-order valence-electron chi connectivity index (χ2n) is 6.33. The molecule has 1 aromatic rings. The average molecular weight is 326 g/mol. The van der Waals surface area contributed by atoms with Crippen molar-refractivity contribution in [2.24, 2.45) is 0 Å². The first-order chi connectivity index (χ1) is 10.5. The van der Waals surface area contributed by atoms with Gasteiger partial charge in [0.25, 0.3) is 0 Å². The molecule has 7 heteroatoms. The molecular formula is C15H24ClN5O. The Morgan fingerprint density at radius 1 is 1.23 bits per heavy atom. The highest BCUT2D eigenvalue weighted by atomic mass is 35.5. The van der Waals surface area contributed by atoms with Crippen LogP contribution in [0.2, 0.25) is 5.15 Å². The number of nitrogens with zero attached hydrogens (tertiary/aromatic N) is 4. The average Bonchev–Trinajstić information content (AvgIpc) is 2.47. The molecule has 2 N–H and O–H groups in total. The van der Waals surface area contributed by atoms with Gasteiger partial charge < -0.3 is 15.3 Å².